The lowest BCUT2D eigenvalue weighted by atomic mass is 8.29. The Kier molecular flexibility index (Phi) is 23.5. The third-order valence-corrected chi connectivity index (χ3v) is 14.7. The van der Waals surface area contributed by atoms with E-state index in [9.17, 15) is 4.39 Å². The molecule has 0 aliphatic carbocycles. The number of rotatable bonds is 22. The number of nitrogens with one attached hydrogen (secondary N) is 1. The van der Waals surface area contributed by atoms with E-state index in [1.165, 1.54) is 27.8 Å². The van der Waals surface area contributed by atoms with Crippen molar-refractivity contribution in [2.45, 2.75) is 44.7 Å². The number of nitrogens with zero attached hydrogens (tertiary/aromatic N) is 1. The Morgan fingerprint density at radius 1 is 0.606 bits per heavy atom. The summed E-state index contributed by atoms with van der Waals surface area (Å²) in [5.74, 6) is 1.43. The van der Waals surface area contributed by atoms with Crippen LogP contribution in [0.15, 0.2) is 60.7 Å². The van der Waals surface area contributed by atoms with Gasteiger partial charge in [0.1, 0.15) is 5.82 Å². The van der Waals surface area contributed by atoms with Gasteiger partial charge in [-0.15, -0.1) is 0 Å². The number of hydrogen-bond acceptors (Lipinski definition) is 3. The second kappa shape index (κ2) is 27.4. The number of unbranched alkanes of at least 4 members (excludes halogenated alkanes) is 1. The highest BCUT2D eigenvalue weighted by Crippen LogP contribution is 2.49. The standard InChI is InChI=1S/C30H31FN2O2.B36/c1-3-4-15-35-28-18-23-20(16-27(28)34-2)13-14-33-26(23)17-24-22-7-5-6-8-25(22)32-29(24)30(33)19-9-11-21(31)12-10-19;1-20(2)29(19)34(30(21(3)4)22(5)6)36(33(27(15)16)28(17)18)35(31(23(7)8)24(9)10)32(25(11)12)26(13)14/h5-12,16,18,26,30,32H,3-4,13-15,17H2,1-2H3;. The molecule has 0 saturated carbocycles. The number of halogens is 1. The van der Waals surface area contributed by atoms with Crippen LogP contribution in [0.2, 0.25) is 0 Å². The Labute approximate surface area is 458 Å². The van der Waals surface area contributed by atoms with Gasteiger partial charge in [0.25, 0.3) is 0 Å². The quantitative estimate of drug-likeness (QED) is 0.0632. The van der Waals surface area contributed by atoms with Gasteiger partial charge in [-0.25, -0.2) is 4.39 Å². The molecule has 3 heterocycles. The molecule has 2 unspecified atom stereocenters. The van der Waals surface area contributed by atoms with E-state index < -0.39 is 109 Å². The van der Waals surface area contributed by atoms with Crippen molar-refractivity contribution in [1.82, 2.24) is 9.88 Å². The second-order valence-corrected chi connectivity index (χ2v) is 19.4. The summed E-state index contributed by atoms with van der Waals surface area (Å²) in [5, 5.41) is 1.27. The van der Waals surface area contributed by atoms with Crippen LogP contribution in [0.1, 0.15) is 59.8 Å². The van der Waals surface area contributed by atoms with E-state index in [0.29, 0.717) is 6.61 Å². The van der Waals surface area contributed by atoms with E-state index in [4.69, 9.17) is 156 Å². The fourth-order valence-electron chi connectivity index (χ4n) is 11.5. The summed E-state index contributed by atoms with van der Waals surface area (Å²) in [6.45, 7) is 3.78. The average molecular weight is 860 g/mol. The molecule has 0 spiro atoms. The zero-order valence-corrected chi connectivity index (χ0v) is 41.1. The van der Waals surface area contributed by atoms with Crippen LogP contribution in [0, 0.1) is 5.82 Å². The minimum atomic E-state index is -1.17. The Hall–Kier alpha value is -0.972. The van der Waals surface area contributed by atoms with Gasteiger partial charge in [-0.2, -0.15) is 0 Å². The highest BCUT2D eigenvalue weighted by Gasteiger charge is 2.55. The molecule has 71 heavy (non-hydrogen) atoms. The smallest absolute Gasteiger partial charge is 0.161 e. The third kappa shape index (κ3) is 14.2. The summed E-state index contributed by atoms with van der Waals surface area (Å²) in [6.07, 6.45) is -14.4. The summed E-state index contributed by atoms with van der Waals surface area (Å²) in [7, 11) is 119. The predicted octanol–water partition coefficient (Wildman–Crippen LogP) is -6.97. The van der Waals surface area contributed by atoms with E-state index in [2.05, 4.69) is 53.2 Å². The zero-order valence-electron chi connectivity index (χ0n) is 41.1. The zero-order chi connectivity index (χ0) is 52.8. The van der Waals surface area contributed by atoms with Crippen molar-refractivity contribution in [3.8, 4) is 11.5 Å². The molecule has 4 aromatic rings. The number of benzene rings is 3. The SMILES string of the molecule is CCCCOc1cc2c(cc1OC)CCN1C2Cc2c([nH]c3ccccc23)C1c1ccc(F)cc1.[B]B([B])B([B])B(B(B([B])[B])B([B])[B])B(B(B([B])[B])B([B])[B])B(B(B([B])[B])B([B])[B])B(B([B])[B])B([B])[B]. The van der Waals surface area contributed by atoms with Crippen LogP contribution in [-0.4, -0.2) is 286 Å². The largest absolute Gasteiger partial charge is 0.493 e. The number of H-pyrrole nitrogens is 1. The van der Waals surface area contributed by atoms with Crippen molar-refractivity contribution in [1.29, 1.82) is 0 Å². The molecule has 0 saturated heterocycles. The maximum Gasteiger partial charge on any atom is 0.161 e. The topological polar surface area (TPSA) is 37.5 Å². The van der Waals surface area contributed by atoms with Crippen LogP contribution in [-0.2, 0) is 12.8 Å². The number of aromatic amines is 1. The van der Waals surface area contributed by atoms with Gasteiger partial charge in [0.15, 0.2) is 11.5 Å². The van der Waals surface area contributed by atoms with Crippen molar-refractivity contribution >= 4 is 266 Å². The minimum Gasteiger partial charge on any atom is -0.493 e. The van der Waals surface area contributed by atoms with Gasteiger partial charge >= 0.3 is 0 Å². The predicted molar refractivity (Wildman–Crippen MR) is 344 cm³/mol. The van der Waals surface area contributed by atoms with E-state index in [-0.39, 0.29) is 17.9 Å². The highest BCUT2D eigenvalue weighted by atomic mass is 19.1. The number of hydrogen-bond donors (Lipinski definition) is 1. The van der Waals surface area contributed by atoms with Gasteiger partial charge in [0, 0.05) is 285 Å². The van der Waals surface area contributed by atoms with Gasteiger partial charge in [0.05, 0.1) is 19.8 Å². The maximum atomic E-state index is 13.8. The molecule has 0 amide bonds. The van der Waals surface area contributed by atoms with Crippen molar-refractivity contribution in [2.24, 2.45) is 0 Å². The average Bonchev–Trinajstić information content (AvgIpc) is 3.66. The van der Waals surface area contributed by atoms with Crippen LogP contribution in [0.5, 0.6) is 11.5 Å². The van der Waals surface area contributed by atoms with Crippen molar-refractivity contribution < 1.29 is 13.9 Å². The van der Waals surface area contributed by atoms with Gasteiger partial charge in [-0.3, -0.25) is 4.90 Å². The van der Waals surface area contributed by atoms with Crippen LogP contribution >= 0.6 is 0 Å². The lowest BCUT2D eigenvalue weighted by molar-refractivity contribution is 0.127. The van der Waals surface area contributed by atoms with Crippen LogP contribution in [0.25, 0.3) is 10.9 Å². The van der Waals surface area contributed by atoms with Gasteiger partial charge in [-0.1, -0.05) is 43.7 Å². The van der Waals surface area contributed by atoms with Crippen LogP contribution in [0.4, 0.5) is 4.39 Å². The Bertz CT molecular complexity index is 2230. The first kappa shape index (κ1) is 60.9. The second-order valence-electron chi connectivity index (χ2n) is 19.4. The molecule has 0 bridgehead atoms. The minimum absolute atomic E-state index is 0.0384. The fraction of sp³-hybridized carbons (Fsp3) is 0.333. The molecular weight excluding hydrogens is 829 g/mol. The lowest BCUT2D eigenvalue weighted by Gasteiger charge is -2.53. The molecule has 4 nitrogen and oxygen atoms in total. The molecule has 1 N–H and O–H groups in total. The fourth-order valence-corrected chi connectivity index (χ4v) is 11.5. The molecule has 38 radical (unpaired) electrons. The van der Waals surface area contributed by atoms with Crippen LogP contribution < -0.4 is 9.47 Å². The molecule has 288 valence electrons. The number of methoxy groups -OCH3 is 1. The molecule has 1 aromatic heterocycles. The molecule has 2 aliphatic heterocycles. The van der Waals surface area contributed by atoms with E-state index in [0.717, 1.165) is 54.8 Å². The summed E-state index contributed by atoms with van der Waals surface area (Å²) in [5.41, 5.74) is 7.49. The summed E-state index contributed by atoms with van der Waals surface area (Å²) in [4.78, 5) is 6.30. The van der Waals surface area contributed by atoms with Gasteiger partial charge in [-0.05, 0) is 71.8 Å². The highest BCUT2D eigenvalue weighted by molar-refractivity contribution is 8.30. The van der Waals surface area contributed by atoms with Crippen molar-refractivity contribution in [3.63, 3.8) is 0 Å². The molecule has 41 heteroatoms. The number of aromatic nitrogens is 1. The molecule has 6 rings (SSSR count). The summed E-state index contributed by atoms with van der Waals surface area (Å²) in [6, 6.07) is 20.2. The van der Waals surface area contributed by atoms with Crippen molar-refractivity contribution in [2.75, 3.05) is 20.3 Å². The monoisotopic (exact) mass is 867 g/mol. The summed E-state index contributed by atoms with van der Waals surface area (Å²) < 4.78 is 25.7. The Morgan fingerprint density at radius 3 is 1.58 bits per heavy atom. The summed E-state index contributed by atoms with van der Waals surface area (Å²) >= 11 is 0. The van der Waals surface area contributed by atoms with Crippen LogP contribution in [0.3, 0.4) is 0 Å². The number of para-hydroxylation sites is 1. The number of ether oxygens (including phenoxy) is 2. The lowest BCUT2D eigenvalue weighted by Crippen LogP contribution is -2.91. The van der Waals surface area contributed by atoms with E-state index in [1.807, 2.05) is 12.1 Å². The Morgan fingerprint density at radius 2 is 1.10 bits per heavy atom. The molecule has 2 atom stereocenters. The van der Waals surface area contributed by atoms with E-state index in [1.54, 1.807) is 19.2 Å². The van der Waals surface area contributed by atoms with Crippen molar-refractivity contribution in [3.05, 3.63) is 94.4 Å². The molecular formula is C30H31B36FN2O2. The third-order valence-electron chi connectivity index (χ3n) is 14.7. The normalized spacial score (nSPS) is 14.3. The first-order valence-electron chi connectivity index (χ1n) is 24.3. The molecule has 3 aromatic carbocycles. The van der Waals surface area contributed by atoms with E-state index >= 15 is 0 Å². The number of fused-ring (bicyclic) bond motifs is 6. The van der Waals surface area contributed by atoms with Gasteiger partial charge < -0.3 is 14.5 Å². The van der Waals surface area contributed by atoms with Gasteiger partial charge in [0.2, 0.25) is 0 Å². The first-order valence-corrected chi connectivity index (χ1v) is 24.3. The maximum absolute atomic E-state index is 13.8. The molecule has 0 fully saturated rings. The first-order chi connectivity index (χ1) is 33.5. The Balaban J connectivity index is 0.000000264. The molecule has 2 aliphatic rings.